The van der Waals surface area contributed by atoms with E-state index in [0.717, 1.165) is 0 Å². The van der Waals surface area contributed by atoms with E-state index in [9.17, 15) is 19.2 Å². The number of esters is 3. The molecule has 2 aromatic carbocycles. The van der Waals surface area contributed by atoms with Gasteiger partial charge in [0.1, 0.15) is 5.75 Å². The molecule has 0 spiro atoms. The summed E-state index contributed by atoms with van der Waals surface area (Å²) in [6, 6.07) is 8.78. The number of hydrogen-bond donors (Lipinski definition) is 0. The van der Waals surface area contributed by atoms with E-state index in [0.29, 0.717) is 5.56 Å². The first-order valence-corrected chi connectivity index (χ1v) is 10.9. The highest BCUT2D eigenvalue weighted by Gasteiger charge is 2.17. The van der Waals surface area contributed by atoms with E-state index in [1.165, 1.54) is 56.3 Å². The lowest BCUT2D eigenvalue weighted by Gasteiger charge is -2.12. The highest BCUT2D eigenvalue weighted by Crippen LogP contribution is 2.31. The molecule has 0 unspecified atom stereocenters. The van der Waals surface area contributed by atoms with E-state index in [1.807, 2.05) is 0 Å². The first-order chi connectivity index (χ1) is 16.4. The minimum Gasteiger partial charge on any atom is -0.422 e. The van der Waals surface area contributed by atoms with Crippen molar-refractivity contribution in [3.05, 3.63) is 82.9 Å². The molecule has 0 amide bonds. The molecule has 182 valence electrons. The van der Waals surface area contributed by atoms with Gasteiger partial charge in [-0.25, -0.2) is 9.59 Å². The molecule has 0 fully saturated rings. The van der Waals surface area contributed by atoms with Crippen LogP contribution < -0.4 is 14.2 Å². The van der Waals surface area contributed by atoms with Crippen molar-refractivity contribution in [2.24, 2.45) is 5.92 Å². The van der Waals surface area contributed by atoms with Gasteiger partial charge in [-0.05, 0) is 55.8 Å². The molecule has 0 aliphatic rings. The second-order valence-electron chi connectivity index (χ2n) is 7.96. The molecule has 0 aliphatic carbocycles. The smallest absolute Gasteiger partial charge is 0.338 e. The molecular weight excluding hydrogens is 472 g/mol. The van der Waals surface area contributed by atoms with Gasteiger partial charge in [0.25, 0.3) is 0 Å². The number of rotatable bonds is 9. The molecule has 0 heterocycles. The summed E-state index contributed by atoms with van der Waals surface area (Å²) in [4.78, 5) is 48.3. The minimum absolute atomic E-state index is 0.0274. The Balaban J connectivity index is 2.26. The zero-order valence-corrected chi connectivity index (χ0v) is 20.6. The molecule has 0 bridgehead atoms. The maximum atomic E-state index is 12.6. The zero-order chi connectivity index (χ0) is 26.3. The highest BCUT2D eigenvalue weighted by molar-refractivity contribution is 6.32. The van der Waals surface area contributed by atoms with Crippen molar-refractivity contribution < 1.29 is 33.4 Å². The first kappa shape index (κ1) is 27.3. The Kier molecular flexibility index (Phi) is 9.31. The van der Waals surface area contributed by atoms with Crippen LogP contribution >= 0.6 is 11.6 Å². The summed E-state index contributed by atoms with van der Waals surface area (Å²) in [5, 5.41) is 0.0883. The van der Waals surface area contributed by atoms with Gasteiger partial charge < -0.3 is 14.2 Å². The van der Waals surface area contributed by atoms with Gasteiger partial charge in [-0.1, -0.05) is 50.7 Å². The zero-order valence-electron chi connectivity index (χ0n) is 19.8. The van der Waals surface area contributed by atoms with Gasteiger partial charge in [0, 0.05) is 16.7 Å². The van der Waals surface area contributed by atoms with Crippen LogP contribution in [0.15, 0.2) is 66.8 Å². The van der Waals surface area contributed by atoms with Crippen LogP contribution in [-0.4, -0.2) is 23.7 Å². The van der Waals surface area contributed by atoms with Crippen molar-refractivity contribution in [3.63, 3.8) is 0 Å². The van der Waals surface area contributed by atoms with Gasteiger partial charge in [0.05, 0.1) is 10.9 Å². The summed E-state index contributed by atoms with van der Waals surface area (Å²) in [6.07, 6.45) is 2.80. The van der Waals surface area contributed by atoms with Crippen LogP contribution in [0.4, 0.5) is 0 Å². The molecule has 35 heavy (non-hydrogen) atoms. The van der Waals surface area contributed by atoms with Crippen LogP contribution in [0.3, 0.4) is 0 Å². The van der Waals surface area contributed by atoms with Crippen LogP contribution in [-0.2, 0) is 14.4 Å². The average Bonchev–Trinajstić information content (AvgIpc) is 2.79. The van der Waals surface area contributed by atoms with Crippen LogP contribution in [0.25, 0.3) is 6.08 Å². The molecule has 0 atom stereocenters. The number of ether oxygens (including phenoxy) is 3. The molecule has 8 heteroatoms. The Morgan fingerprint density at radius 1 is 0.829 bits per heavy atom. The monoisotopic (exact) mass is 496 g/mol. The maximum absolute atomic E-state index is 12.6. The number of allylic oxidation sites excluding steroid dienone is 1. The molecule has 7 nitrogen and oxygen atoms in total. The van der Waals surface area contributed by atoms with Gasteiger partial charge in [-0.3, -0.25) is 9.59 Å². The standard InChI is InChI=1S/C27H25ClO7/c1-15(2)25(30)33-22-12-9-19(14-20(22)28)21(29)10-7-18-8-11-23(34-26(31)16(3)4)24(13-18)35-27(32)17(5)6/h7-14,17H,1,3H2,2,4-6H3/b10-7+. The van der Waals surface area contributed by atoms with Gasteiger partial charge in [0.15, 0.2) is 17.3 Å². The summed E-state index contributed by atoms with van der Waals surface area (Å²) in [6.45, 7) is 13.4. The Bertz CT molecular complexity index is 1240. The van der Waals surface area contributed by atoms with Crippen LogP contribution in [0, 0.1) is 5.92 Å². The number of benzene rings is 2. The van der Waals surface area contributed by atoms with Crippen molar-refractivity contribution >= 4 is 41.4 Å². The lowest BCUT2D eigenvalue weighted by molar-refractivity contribution is -0.138. The average molecular weight is 497 g/mol. The summed E-state index contributed by atoms with van der Waals surface area (Å²) in [5.74, 6) is -2.42. The third-order valence-corrected chi connectivity index (χ3v) is 4.69. The molecular formula is C27H25ClO7. The normalized spacial score (nSPS) is 10.7. The molecule has 0 N–H and O–H groups in total. The van der Waals surface area contributed by atoms with E-state index in [2.05, 4.69) is 13.2 Å². The molecule has 0 saturated heterocycles. The number of carbonyl (C=O) groups is 4. The molecule has 2 aromatic rings. The Morgan fingerprint density at radius 2 is 1.40 bits per heavy atom. The SMILES string of the molecule is C=C(C)C(=O)Oc1ccc(C(=O)/C=C/c2ccc(OC(=O)C(=C)C)c(OC(=O)C(C)C)c2)cc1Cl. The van der Waals surface area contributed by atoms with Crippen LogP contribution in [0.2, 0.25) is 5.02 Å². The fraction of sp³-hybridized carbons (Fsp3) is 0.185. The minimum atomic E-state index is -0.667. The predicted octanol–water partition coefficient (Wildman–Crippen LogP) is 5.76. The second kappa shape index (κ2) is 11.9. The van der Waals surface area contributed by atoms with E-state index in [1.54, 1.807) is 19.9 Å². The largest absolute Gasteiger partial charge is 0.422 e. The first-order valence-electron chi connectivity index (χ1n) is 10.5. The summed E-state index contributed by atoms with van der Waals surface area (Å²) < 4.78 is 15.7. The topological polar surface area (TPSA) is 96.0 Å². The van der Waals surface area contributed by atoms with Crippen molar-refractivity contribution in [2.75, 3.05) is 0 Å². The van der Waals surface area contributed by atoms with Crippen molar-refractivity contribution in [3.8, 4) is 17.2 Å². The molecule has 0 radical (unpaired) electrons. The molecule has 0 saturated carbocycles. The van der Waals surface area contributed by atoms with Crippen LogP contribution in [0.5, 0.6) is 17.2 Å². The lowest BCUT2D eigenvalue weighted by Crippen LogP contribution is -2.16. The van der Waals surface area contributed by atoms with E-state index >= 15 is 0 Å². The summed E-state index contributed by atoms with van der Waals surface area (Å²) in [7, 11) is 0. The van der Waals surface area contributed by atoms with Crippen molar-refractivity contribution in [1.82, 2.24) is 0 Å². The lowest BCUT2D eigenvalue weighted by atomic mass is 10.1. The van der Waals surface area contributed by atoms with E-state index in [-0.39, 0.29) is 44.8 Å². The van der Waals surface area contributed by atoms with Gasteiger partial charge in [0.2, 0.25) is 0 Å². The molecule has 2 rings (SSSR count). The number of halogens is 1. The fourth-order valence-corrected chi connectivity index (χ4v) is 2.62. The quantitative estimate of drug-likeness (QED) is 0.188. The highest BCUT2D eigenvalue weighted by atomic mass is 35.5. The molecule has 0 aromatic heterocycles. The van der Waals surface area contributed by atoms with Crippen molar-refractivity contribution in [1.29, 1.82) is 0 Å². The Morgan fingerprint density at radius 3 is 1.94 bits per heavy atom. The van der Waals surface area contributed by atoms with Crippen molar-refractivity contribution in [2.45, 2.75) is 27.7 Å². The summed E-state index contributed by atoms with van der Waals surface area (Å²) in [5.41, 5.74) is 1.17. The number of carbonyl (C=O) groups excluding carboxylic acids is 4. The fourth-order valence-electron chi connectivity index (χ4n) is 2.40. The summed E-state index contributed by atoms with van der Waals surface area (Å²) >= 11 is 6.14. The second-order valence-corrected chi connectivity index (χ2v) is 8.37. The third-order valence-electron chi connectivity index (χ3n) is 4.40. The Hall–Kier alpha value is -3.97. The maximum Gasteiger partial charge on any atom is 0.338 e. The molecule has 0 aliphatic heterocycles. The van der Waals surface area contributed by atoms with Gasteiger partial charge in [-0.2, -0.15) is 0 Å². The van der Waals surface area contributed by atoms with Crippen LogP contribution in [0.1, 0.15) is 43.6 Å². The predicted molar refractivity (Wildman–Crippen MR) is 133 cm³/mol. The third kappa shape index (κ3) is 7.79. The number of ketones is 1. The van der Waals surface area contributed by atoms with Gasteiger partial charge >= 0.3 is 17.9 Å². The van der Waals surface area contributed by atoms with Gasteiger partial charge in [-0.15, -0.1) is 0 Å². The number of hydrogen-bond acceptors (Lipinski definition) is 7. The Labute approximate surface area is 208 Å². The van der Waals surface area contributed by atoms with E-state index in [4.69, 9.17) is 25.8 Å². The van der Waals surface area contributed by atoms with E-state index < -0.39 is 23.8 Å².